The average molecular weight is 225 g/mol. The molecule has 0 atom stereocenters. The summed E-state index contributed by atoms with van der Waals surface area (Å²) in [6, 6.07) is 9.49. The molecule has 17 heavy (non-hydrogen) atoms. The molecule has 0 bridgehead atoms. The fourth-order valence-electron chi connectivity index (χ4n) is 2.23. The smallest absolute Gasteiger partial charge is 0.346 e. The monoisotopic (exact) mass is 225 g/mol. The van der Waals surface area contributed by atoms with Crippen LogP contribution < -0.4 is 5.63 Å². The summed E-state index contributed by atoms with van der Waals surface area (Å²) in [5.74, 6) is 0. The van der Waals surface area contributed by atoms with Gasteiger partial charge in [-0.3, -0.25) is 4.98 Å². The van der Waals surface area contributed by atoms with Crippen molar-refractivity contribution in [3.63, 3.8) is 0 Å². The largest absolute Gasteiger partial charge is 0.422 e. The van der Waals surface area contributed by atoms with Crippen LogP contribution in [0.5, 0.6) is 0 Å². The number of para-hydroxylation sites is 1. The lowest BCUT2D eigenvalue weighted by atomic mass is 10.1. The number of hydrogen-bond donors (Lipinski definition) is 0. The molecule has 3 aromatic rings. The molecule has 3 heteroatoms. The van der Waals surface area contributed by atoms with Crippen LogP contribution in [0.4, 0.5) is 0 Å². The van der Waals surface area contributed by atoms with E-state index >= 15 is 0 Å². The lowest BCUT2D eigenvalue weighted by Crippen LogP contribution is -2.04. The van der Waals surface area contributed by atoms with Gasteiger partial charge in [-0.2, -0.15) is 0 Å². The molecule has 0 aliphatic rings. The third-order valence-corrected chi connectivity index (χ3v) is 2.91. The zero-order valence-corrected chi connectivity index (χ0v) is 9.65. The first kappa shape index (κ1) is 10.0. The van der Waals surface area contributed by atoms with E-state index in [2.05, 4.69) is 4.98 Å². The van der Waals surface area contributed by atoms with Gasteiger partial charge < -0.3 is 4.42 Å². The topological polar surface area (TPSA) is 43.1 Å². The summed E-state index contributed by atoms with van der Waals surface area (Å²) in [5.41, 5.74) is 1.93. The Labute approximate surface area is 97.7 Å². The van der Waals surface area contributed by atoms with Crippen molar-refractivity contribution in [2.75, 3.05) is 0 Å². The third kappa shape index (κ3) is 1.43. The summed E-state index contributed by atoms with van der Waals surface area (Å²) in [5, 5.41) is 2.45. The van der Waals surface area contributed by atoms with Gasteiger partial charge in [0.2, 0.25) is 0 Å². The number of nitrogens with zero attached hydrogens (tertiary/aromatic N) is 1. The highest BCUT2D eigenvalue weighted by atomic mass is 16.4. The van der Waals surface area contributed by atoms with Crippen LogP contribution in [-0.4, -0.2) is 4.98 Å². The van der Waals surface area contributed by atoms with E-state index in [-0.39, 0.29) is 5.63 Å². The van der Waals surface area contributed by atoms with Crippen LogP contribution in [0.15, 0.2) is 39.5 Å². The summed E-state index contributed by atoms with van der Waals surface area (Å²) in [6.07, 6.45) is 0. The Hall–Kier alpha value is -2.16. The Bertz CT molecular complexity index is 787. The van der Waals surface area contributed by atoms with Crippen LogP contribution in [0.25, 0.3) is 21.7 Å². The molecule has 2 aromatic heterocycles. The lowest BCUT2D eigenvalue weighted by Gasteiger charge is -2.05. The van der Waals surface area contributed by atoms with Crippen molar-refractivity contribution in [2.45, 2.75) is 13.8 Å². The van der Waals surface area contributed by atoms with Crippen LogP contribution in [-0.2, 0) is 0 Å². The van der Waals surface area contributed by atoms with E-state index in [0.29, 0.717) is 11.0 Å². The summed E-state index contributed by atoms with van der Waals surface area (Å²) in [7, 11) is 0. The number of aryl methyl sites for hydroxylation is 2. The quantitative estimate of drug-likeness (QED) is 0.436. The van der Waals surface area contributed by atoms with Crippen molar-refractivity contribution in [2.24, 2.45) is 0 Å². The Morgan fingerprint density at radius 2 is 1.88 bits per heavy atom. The molecule has 2 heterocycles. The Morgan fingerprint density at radius 3 is 2.71 bits per heavy atom. The van der Waals surface area contributed by atoms with Gasteiger partial charge in [-0.25, -0.2) is 4.79 Å². The zero-order valence-electron chi connectivity index (χ0n) is 9.65. The van der Waals surface area contributed by atoms with Gasteiger partial charge in [0.1, 0.15) is 5.58 Å². The second-order valence-corrected chi connectivity index (χ2v) is 4.16. The van der Waals surface area contributed by atoms with Crippen molar-refractivity contribution < 1.29 is 4.42 Å². The predicted octanol–water partition coefficient (Wildman–Crippen LogP) is 2.96. The van der Waals surface area contributed by atoms with E-state index in [9.17, 15) is 4.79 Å². The Balaban J connectivity index is 2.70. The number of aromatic nitrogens is 1. The van der Waals surface area contributed by atoms with Crippen LogP contribution in [0.1, 0.15) is 11.4 Å². The Kier molecular flexibility index (Phi) is 2.01. The maximum Gasteiger partial charge on any atom is 0.346 e. The summed E-state index contributed by atoms with van der Waals surface area (Å²) < 4.78 is 5.30. The highest BCUT2D eigenvalue weighted by Crippen LogP contribution is 2.24. The van der Waals surface area contributed by atoms with E-state index in [1.165, 1.54) is 0 Å². The molecule has 0 unspecified atom stereocenters. The molecule has 1 aromatic carbocycles. The van der Waals surface area contributed by atoms with Gasteiger partial charge in [0, 0.05) is 16.5 Å². The van der Waals surface area contributed by atoms with Crippen molar-refractivity contribution in [1.29, 1.82) is 0 Å². The number of hydrogen-bond acceptors (Lipinski definition) is 3. The molecular weight excluding hydrogens is 214 g/mol. The molecule has 0 radical (unpaired) electrons. The molecule has 3 nitrogen and oxygen atoms in total. The van der Waals surface area contributed by atoms with Crippen molar-refractivity contribution >= 4 is 21.7 Å². The van der Waals surface area contributed by atoms with Gasteiger partial charge in [-0.15, -0.1) is 0 Å². The molecule has 3 rings (SSSR count). The maximum atomic E-state index is 11.9. The van der Waals surface area contributed by atoms with Gasteiger partial charge in [0.15, 0.2) is 0 Å². The van der Waals surface area contributed by atoms with Gasteiger partial charge >= 0.3 is 5.63 Å². The molecule has 0 saturated carbocycles. The second-order valence-electron chi connectivity index (χ2n) is 4.16. The Morgan fingerprint density at radius 1 is 1.12 bits per heavy atom. The highest BCUT2D eigenvalue weighted by molar-refractivity contribution is 6.04. The van der Waals surface area contributed by atoms with Crippen molar-refractivity contribution in [3.8, 4) is 0 Å². The van der Waals surface area contributed by atoms with E-state index in [4.69, 9.17) is 4.42 Å². The van der Waals surface area contributed by atoms with Crippen LogP contribution in [0.2, 0.25) is 0 Å². The first-order chi connectivity index (χ1) is 8.16. The van der Waals surface area contributed by atoms with Crippen LogP contribution in [0.3, 0.4) is 0 Å². The number of benzene rings is 1. The zero-order chi connectivity index (χ0) is 12.0. The second kappa shape index (κ2) is 3.42. The first-order valence-corrected chi connectivity index (χ1v) is 5.46. The minimum absolute atomic E-state index is 0.316. The number of fused-ring (bicyclic) bond motifs is 3. The molecule has 0 aliphatic carbocycles. The number of rotatable bonds is 0. The standard InChI is InChI=1S/C14H11NO2/c1-8-7-11-10-5-3-4-6-12(10)17-14(16)13(11)9(2)15-8/h3-7H,1-2H3. The predicted molar refractivity (Wildman–Crippen MR) is 67.3 cm³/mol. The summed E-state index contributed by atoms with van der Waals surface area (Å²) >= 11 is 0. The fraction of sp³-hybridized carbons (Fsp3) is 0.143. The average Bonchev–Trinajstić information content (AvgIpc) is 2.28. The van der Waals surface area contributed by atoms with E-state index < -0.39 is 0 Å². The SMILES string of the molecule is Cc1cc2c(c(C)n1)c(=O)oc1ccccc12. The van der Waals surface area contributed by atoms with E-state index in [1.54, 1.807) is 6.07 Å². The molecule has 84 valence electrons. The van der Waals surface area contributed by atoms with Crippen LogP contribution >= 0.6 is 0 Å². The molecular formula is C14H11NO2. The molecule has 0 N–H and O–H groups in total. The molecule has 0 fully saturated rings. The van der Waals surface area contributed by atoms with E-state index in [1.807, 2.05) is 38.1 Å². The minimum Gasteiger partial charge on any atom is -0.422 e. The highest BCUT2D eigenvalue weighted by Gasteiger charge is 2.10. The van der Waals surface area contributed by atoms with Crippen molar-refractivity contribution in [3.05, 3.63) is 52.1 Å². The molecule has 0 amide bonds. The number of pyridine rings is 1. The molecule has 0 aliphatic heterocycles. The van der Waals surface area contributed by atoms with Gasteiger partial charge in [-0.05, 0) is 26.0 Å². The van der Waals surface area contributed by atoms with Gasteiger partial charge in [0.05, 0.1) is 11.1 Å². The van der Waals surface area contributed by atoms with Gasteiger partial charge in [-0.1, -0.05) is 18.2 Å². The normalized spacial score (nSPS) is 11.2. The fourth-order valence-corrected chi connectivity index (χ4v) is 2.23. The molecule has 0 saturated heterocycles. The first-order valence-electron chi connectivity index (χ1n) is 5.46. The van der Waals surface area contributed by atoms with E-state index in [0.717, 1.165) is 22.2 Å². The van der Waals surface area contributed by atoms with Gasteiger partial charge in [0.25, 0.3) is 0 Å². The third-order valence-electron chi connectivity index (χ3n) is 2.91. The minimum atomic E-state index is -0.316. The maximum absolute atomic E-state index is 11.9. The lowest BCUT2D eigenvalue weighted by molar-refractivity contribution is 0.569. The molecule has 0 spiro atoms. The summed E-state index contributed by atoms with van der Waals surface area (Å²) in [6.45, 7) is 3.76. The van der Waals surface area contributed by atoms with Crippen LogP contribution in [0, 0.1) is 13.8 Å². The summed E-state index contributed by atoms with van der Waals surface area (Å²) in [4.78, 5) is 16.2. The van der Waals surface area contributed by atoms with Crippen molar-refractivity contribution in [1.82, 2.24) is 4.98 Å².